The maximum atomic E-state index is 10.5. The first kappa shape index (κ1) is 10.8. The minimum atomic E-state index is -3.99. The summed E-state index contributed by atoms with van der Waals surface area (Å²) >= 11 is 0. The van der Waals surface area contributed by atoms with Crippen LogP contribution < -0.4 is 11.5 Å². The quantitative estimate of drug-likeness (QED) is 0.473. The van der Waals surface area contributed by atoms with Crippen molar-refractivity contribution in [2.24, 2.45) is 17.4 Å². The fourth-order valence-electron chi connectivity index (χ4n) is 0.723. The van der Waals surface area contributed by atoms with E-state index in [0.717, 1.165) is 0 Å². The fraction of sp³-hybridized carbons (Fsp3) is 1.00. The van der Waals surface area contributed by atoms with Gasteiger partial charge in [0.15, 0.2) is 0 Å². The van der Waals surface area contributed by atoms with Gasteiger partial charge in [-0.1, -0.05) is 0 Å². The Labute approximate surface area is 66.5 Å². The van der Waals surface area contributed by atoms with Gasteiger partial charge in [0, 0.05) is 5.92 Å². The topological polar surface area (TPSA) is 106 Å². The summed E-state index contributed by atoms with van der Waals surface area (Å²) in [5.41, 5.74) is 10.5. The molecule has 0 aliphatic rings. The lowest BCUT2D eigenvalue weighted by Crippen LogP contribution is -2.37. The van der Waals surface area contributed by atoms with E-state index in [-0.39, 0.29) is 19.0 Å². The van der Waals surface area contributed by atoms with Gasteiger partial charge >= 0.3 is 0 Å². The average Bonchev–Trinajstić information content (AvgIpc) is 1.88. The molecule has 0 saturated heterocycles. The summed E-state index contributed by atoms with van der Waals surface area (Å²) in [6.07, 6.45) is 0. The van der Waals surface area contributed by atoms with E-state index in [1.807, 2.05) is 0 Å². The predicted molar refractivity (Wildman–Crippen MR) is 42.6 cm³/mol. The zero-order chi connectivity index (χ0) is 9.07. The molecule has 0 spiro atoms. The molecule has 11 heavy (non-hydrogen) atoms. The van der Waals surface area contributed by atoms with E-state index < -0.39 is 15.4 Å². The number of rotatable bonds is 4. The Morgan fingerprint density at radius 2 is 1.73 bits per heavy atom. The first-order valence-corrected chi connectivity index (χ1v) is 4.80. The molecule has 1 atom stereocenters. The molecule has 68 valence electrons. The molecule has 0 aromatic rings. The molecule has 0 saturated carbocycles. The summed E-state index contributed by atoms with van der Waals surface area (Å²) in [7, 11) is -3.99. The summed E-state index contributed by atoms with van der Waals surface area (Å²) in [6, 6.07) is 0. The van der Waals surface area contributed by atoms with E-state index in [0.29, 0.717) is 0 Å². The Morgan fingerprint density at radius 1 is 1.36 bits per heavy atom. The molecule has 5 N–H and O–H groups in total. The van der Waals surface area contributed by atoms with Gasteiger partial charge < -0.3 is 11.5 Å². The van der Waals surface area contributed by atoms with Crippen LogP contribution in [0, 0.1) is 5.92 Å². The largest absolute Gasteiger partial charge is 0.330 e. The van der Waals surface area contributed by atoms with Gasteiger partial charge in [0.1, 0.15) is 0 Å². The van der Waals surface area contributed by atoms with Gasteiger partial charge in [0.2, 0.25) is 0 Å². The van der Waals surface area contributed by atoms with Crippen molar-refractivity contribution in [3.8, 4) is 0 Å². The van der Waals surface area contributed by atoms with Crippen molar-refractivity contribution in [2.45, 2.75) is 12.2 Å². The highest BCUT2D eigenvalue weighted by atomic mass is 32.2. The van der Waals surface area contributed by atoms with Gasteiger partial charge in [-0.3, -0.25) is 4.55 Å². The van der Waals surface area contributed by atoms with E-state index in [9.17, 15) is 8.42 Å². The minimum absolute atomic E-state index is 0.164. The van der Waals surface area contributed by atoms with Crippen molar-refractivity contribution in [1.82, 2.24) is 0 Å². The van der Waals surface area contributed by atoms with Crippen LogP contribution in [0.5, 0.6) is 0 Å². The Hall–Kier alpha value is -0.170. The molecule has 0 radical (unpaired) electrons. The van der Waals surface area contributed by atoms with Crippen LogP contribution in [0.2, 0.25) is 0 Å². The number of nitrogens with two attached hydrogens (primary N) is 2. The standard InChI is InChI=1S/C5H14N2O3S/c1-4(11(8,9)10)5(2-6)3-7/h4-5H,2-3,6-7H2,1H3,(H,8,9,10). The van der Waals surface area contributed by atoms with Crippen LogP contribution in [0.25, 0.3) is 0 Å². The van der Waals surface area contributed by atoms with Crippen LogP contribution >= 0.6 is 0 Å². The van der Waals surface area contributed by atoms with E-state index in [2.05, 4.69) is 0 Å². The van der Waals surface area contributed by atoms with Crippen molar-refractivity contribution in [2.75, 3.05) is 13.1 Å². The zero-order valence-corrected chi connectivity index (χ0v) is 7.21. The molecular formula is C5H14N2O3S. The second-order valence-electron chi connectivity index (χ2n) is 2.45. The molecule has 6 heteroatoms. The predicted octanol–water partition coefficient (Wildman–Crippen LogP) is -1.20. The highest BCUT2D eigenvalue weighted by Crippen LogP contribution is 2.08. The van der Waals surface area contributed by atoms with Crippen molar-refractivity contribution in [1.29, 1.82) is 0 Å². The first-order valence-electron chi connectivity index (χ1n) is 3.30. The monoisotopic (exact) mass is 182 g/mol. The van der Waals surface area contributed by atoms with E-state index in [4.69, 9.17) is 16.0 Å². The van der Waals surface area contributed by atoms with Gasteiger partial charge in [-0.05, 0) is 20.0 Å². The second-order valence-corrected chi connectivity index (χ2v) is 4.23. The molecule has 0 fully saturated rings. The molecule has 0 bridgehead atoms. The van der Waals surface area contributed by atoms with Crippen LogP contribution in [0.15, 0.2) is 0 Å². The molecule has 0 amide bonds. The SMILES string of the molecule is CC(C(CN)CN)S(=O)(=O)O. The van der Waals surface area contributed by atoms with Gasteiger partial charge in [-0.2, -0.15) is 8.42 Å². The van der Waals surface area contributed by atoms with Crippen molar-refractivity contribution < 1.29 is 13.0 Å². The molecular weight excluding hydrogens is 168 g/mol. The van der Waals surface area contributed by atoms with Crippen molar-refractivity contribution in [3.05, 3.63) is 0 Å². The fourth-order valence-corrected chi connectivity index (χ4v) is 1.43. The molecule has 0 aromatic carbocycles. The minimum Gasteiger partial charge on any atom is -0.330 e. The highest BCUT2D eigenvalue weighted by Gasteiger charge is 2.25. The third-order valence-electron chi connectivity index (χ3n) is 1.74. The second kappa shape index (κ2) is 4.01. The van der Waals surface area contributed by atoms with E-state index in [1.54, 1.807) is 0 Å². The molecule has 1 unspecified atom stereocenters. The molecule has 0 aromatic heterocycles. The summed E-state index contributed by atoms with van der Waals surface area (Å²) in [5, 5.41) is -0.877. The molecule has 0 rings (SSSR count). The van der Waals surface area contributed by atoms with Crippen LogP contribution in [0.4, 0.5) is 0 Å². The van der Waals surface area contributed by atoms with Gasteiger partial charge in [0.25, 0.3) is 10.1 Å². The maximum Gasteiger partial charge on any atom is 0.267 e. The number of hydrogen-bond acceptors (Lipinski definition) is 4. The van der Waals surface area contributed by atoms with Gasteiger partial charge in [-0.15, -0.1) is 0 Å². The van der Waals surface area contributed by atoms with Crippen LogP contribution in [-0.2, 0) is 10.1 Å². The Bertz CT molecular complexity index is 198. The Balaban J connectivity index is 4.33. The molecule has 5 nitrogen and oxygen atoms in total. The van der Waals surface area contributed by atoms with Crippen LogP contribution in [0.3, 0.4) is 0 Å². The molecule has 0 aliphatic carbocycles. The van der Waals surface area contributed by atoms with E-state index >= 15 is 0 Å². The average molecular weight is 182 g/mol. The highest BCUT2D eigenvalue weighted by molar-refractivity contribution is 7.86. The molecule has 0 aliphatic heterocycles. The van der Waals surface area contributed by atoms with Crippen LogP contribution in [-0.4, -0.2) is 31.3 Å². The van der Waals surface area contributed by atoms with Crippen LogP contribution in [0.1, 0.15) is 6.92 Å². The first-order chi connectivity index (χ1) is 4.93. The van der Waals surface area contributed by atoms with Crippen molar-refractivity contribution in [3.63, 3.8) is 0 Å². The Morgan fingerprint density at radius 3 is 1.82 bits per heavy atom. The smallest absolute Gasteiger partial charge is 0.267 e. The van der Waals surface area contributed by atoms with Gasteiger partial charge in [-0.25, -0.2) is 0 Å². The molecule has 0 heterocycles. The lowest BCUT2D eigenvalue weighted by atomic mass is 10.1. The lowest BCUT2D eigenvalue weighted by Gasteiger charge is -2.17. The lowest BCUT2D eigenvalue weighted by molar-refractivity contribution is 0.434. The maximum absolute atomic E-state index is 10.5. The van der Waals surface area contributed by atoms with Crippen molar-refractivity contribution >= 4 is 10.1 Å². The normalized spacial score (nSPS) is 15.4. The third kappa shape index (κ3) is 3.15. The zero-order valence-electron chi connectivity index (χ0n) is 6.40. The summed E-state index contributed by atoms with van der Waals surface area (Å²) in [6.45, 7) is 1.72. The Kier molecular flexibility index (Phi) is 3.95. The summed E-state index contributed by atoms with van der Waals surface area (Å²) < 4.78 is 29.6. The van der Waals surface area contributed by atoms with E-state index in [1.165, 1.54) is 6.92 Å². The summed E-state index contributed by atoms with van der Waals surface area (Å²) in [4.78, 5) is 0. The summed E-state index contributed by atoms with van der Waals surface area (Å²) in [5.74, 6) is -0.370. The number of hydrogen-bond donors (Lipinski definition) is 3. The van der Waals surface area contributed by atoms with Gasteiger partial charge in [0.05, 0.1) is 5.25 Å². The third-order valence-corrected chi connectivity index (χ3v) is 3.06.